The van der Waals surface area contributed by atoms with E-state index in [-0.39, 0.29) is 17.7 Å². The van der Waals surface area contributed by atoms with Crippen LogP contribution in [0.3, 0.4) is 0 Å². The van der Waals surface area contributed by atoms with Crippen LogP contribution in [0.15, 0.2) is 48.5 Å². The summed E-state index contributed by atoms with van der Waals surface area (Å²) in [5.74, 6) is 0.401. The second kappa shape index (κ2) is 8.17. The number of amides is 2. The van der Waals surface area contributed by atoms with Gasteiger partial charge in [-0.25, -0.2) is 0 Å². The van der Waals surface area contributed by atoms with Crippen LogP contribution < -0.4 is 5.32 Å². The number of carbonyl (C=O) groups excluding carboxylic acids is 2. The molecule has 1 N–H and O–H groups in total. The number of benzene rings is 2. The van der Waals surface area contributed by atoms with Crippen molar-refractivity contribution in [3.63, 3.8) is 0 Å². The quantitative estimate of drug-likeness (QED) is 0.851. The summed E-state index contributed by atoms with van der Waals surface area (Å²) in [4.78, 5) is 27.3. The normalized spacial score (nSPS) is 20.0. The van der Waals surface area contributed by atoms with Gasteiger partial charge < -0.3 is 10.2 Å². The van der Waals surface area contributed by atoms with Crippen molar-refractivity contribution in [1.29, 1.82) is 0 Å². The Kier molecular flexibility index (Phi) is 5.47. The largest absolute Gasteiger partial charge is 0.352 e. The Balaban J connectivity index is 1.42. The maximum absolute atomic E-state index is 12.9. The summed E-state index contributed by atoms with van der Waals surface area (Å²) in [5.41, 5.74) is 3.85. The molecule has 1 saturated carbocycles. The van der Waals surface area contributed by atoms with Crippen molar-refractivity contribution in [2.75, 3.05) is 13.1 Å². The number of hydrogen-bond acceptors (Lipinski definition) is 2. The van der Waals surface area contributed by atoms with E-state index in [9.17, 15) is 9.59 Å². The third-order valence-electron chi connectivity index (χ3n) is 6.06. The fraction of sp³-hybridized carbons (Fsp3) is 0.417. The Bertz CT molecular complexity index is 870. The van der Waals surface area contributed by atoms with E-state index in [1.54, 1.807) is 0 Å². The molecule has 0 bridgehead atoms. The molecule has 2 aromatic carbocycles. The molecule has 0 aromatic heterocycles. The van der Waals surface area contributed by atoms with E-state index in [1.165, 1.54) is 18.4 Å². The van der Waals surface area contributed by atoms with Gasteiger partial charge in [0.05, 0.1) is 0 Å². The lowest BCUT2D eigenvalue weighted by molar-refractivity contribution is -0.129. The topological polar surface area (TPSA) is 49.4 Å². The van der Waals surface area contributed by atoms with E-state index in [2.05, 4.69) is 29.3 Å². The Labute approximate surface area is 166 Å². The molecule has 1 unspecified atom stereocenters. The van der Waals surface area contributed by atoms with Gasteiger partial charge in [0.25, 0.3) is 5.91 Å². The molecule has 2 aromatic rings. The summed E-state index contributed by atoms with van der Waals surface area (Å²) in [6.45, 7) is 3.39. The number of rotatable bonds is 5. The zero-order valence-electron chi connectivity index (χ0n) is 16.5. The summed E-state index contributed by atoms with van der Waals surface area (Å²) in [7, 11) is 0. The Hall–Kier alpha value is -2.62. The van der Waals surface area contributed by atoms with Gasteiger partial charge in [0.15, 0.2) is 0 Å². The molecular weight excluding hydrogens is 348 g/mol. The highest BCUT2D eigenvalue weighted by Crippen LogP contribution is 2.29. The first-order valence-corrected chi connectivity index (χ1v) is 10.4. The molecule has 4 rings (SSSR count). The van der Waals surface area contributed by atoms with Crippen LogP contribution in [0, 0.1) is 12.8 Å². The second-order valence-electron chi connectivity index (χ2n) is 8.18. The van der Waals surface area contributed by atoms with E-state index in [1.807, 2.05) is 36.4 Å². The number of likely N-dealkylation sites (tertiary alicyclic amines) is 1. The van der Waals surface area contributed by atoms with Crippen LogP contribution in [0.5, 0.6) is 0 Å². The summed E-state index contributed by atoms with van der Waals surface area (Å²) in [5, 5.41) is 3.08. The molecule has 1 heterocycles. The number of nitrogens with one attached hydrogen (secondary N) is 1. The fourth-order valence-corrected chi connectivity index (χ4v) is 4.59. The minimum atomic E-state index is -0.0659. The number of hydrogen-bond donors (Lipinski definition) is 1. The van der Waals surface area contributed by atoms with E-state index in [0.29, 0.717) is 24.6 Å². The van der Waals surface area contributed by atoms with Gasteiger partial charge in [0.1, 0.15) is 0 Å². The van der Waals surface area contributed by atoms with Crippen LogP contribution >= 0.6 is 0 Å². The van der Waals surface area contributed by atoms with Gasteiger partial charge in [-0.15, -0.1) is 0 Å². The molecule has 1 saturated heterocycles. The van der Waals surface area contributed by atoms with Crippen LogP contribution in [0.4, 0.5) is 0 Å². The van der Waals surface area contributed by atoms with E-state index in [0.717, 1.165) is 30.5 Å². The first-order chi connectivity index (χ1) is 13.6. The molecule has 1 aliphatic heterocycles. The van der Waals surface area contributed by atoms with Crippen molar-refractivity contribution in [2.24, 2.45) is 5.92 Å². The lowest BCUT2D eigenvalue weighted by atomic mass is 9.97. The average Bonchev–Trinajstić information content (AvgIpc) is 3.35. The summed E-state index contributed by atoms with van der Waals surface area (Å²) in [6.07, 6.45) is 5.27. The maximum Gasteiger partial charge on any atom is 0.251 e. The first kappa shape index (κ1) is 18.7. The van der Waals surface area contributed by atoms with Gasteiger partial charge in [-0.05, 0) is 37.0 Å². The van der Waals surface area contributed by atoms with Crippen molar-refractivity contribution in [2.45, 2.75) is 45.1 Å². The SMILES string of the molecule is Cc1cccc(-c2ccccc2C(=O)NCC2CC(=O)N(C3CCCC3)C2)c1. The smallest absolute Gasteiger partial charge is 0.251 e. The van der Waals surface area contributed by atoms with Crippen LogP contribution in [-0.4, -0.2) is 35.8 Å². The highest BCUT2D eigenvalue weighted by molar-refractivity contribution is 6.01. The summed E-state index contributed by atoms with van der Waals surface area (Å²) < 4.78 is 0. The first-order valence-electron chi connectivity index (χ1n) is 10.4. The minimum Gasteiger partial charge on any atom is -0.352 e. The highest BCUT2D eigenvalue weighted by atomic mass is 16.2. The van der Waals surface area contributed by atoms with Gasteiger partial charge in [-0.3, -0.25) is 9.59 Å². The number of nitrogens with zero attached hydrogens (tertiary/aromatic N) is 1. The minimum absolute atomic E-state index is 0.0659. The summed E-state index contributed by atoms with van der Waals surface area (Å²) in [6, 6.07) is 16.4. The lowest BCUT2D eigenvalue weighted by Gasteiger charge is -2.24. The predicted octanol–water partition coefficient (Wildman–Crippen LogP) is 4.18. The Morgan fingerprint density at radius 2 is 1.89 bits per heavy atom. The van der Waals surface area contributed by atoms with Gasteiger partial charge >= 0.3 is 0 Å². The fourth-order valence-electron chi connectivity index (χ4n) is 4.59. The molecule has 4 heteroatoms. The standard InChI is InChI=1S/C24H28N2O2/c1-17-7-6-8-19(13-17)21-11-4-5-12-22(21)24(28)25-15-18-14-23(27)26(16-18)20-9-2-3-10-20/h4-8,11-13,18,20H,2-3,9-10,14-16H2,1H3,(H,25,28). The van der Waals surface area contributed by atoms with Crippen LogP contribution in [-0.2, 0) is 4.79 Å². The molecule has 1 aliphatic carbocycles. The van der Waals surface area contributed by atoms with Gasteiger partial charge in [0.2, 0.25) is 5.91 Å². The molecule has 2 amide bonds. The molecule has 2 fully saturated rings. The van der Waals surface area contributed by atoms with Gasteiger partial charge in [-0.1, -0.05) is 60.9 Å². The number of carbonyl (C=O) groups is 2. The molecule has 0 radical (unpaired) electrons. The maximum atomic E-state index is 12.9. The van der Waals surface area contributed by atoms with E-state index < -0.39 is 0 Å². The monoisotopic (exact) mass is 376 g/mol. The molecule has 28 heavy (non-hydrogen) atoms. The van der Waals surface area contributed by atoms with E-state index in [4.69, 9.17) is 0 Å². The molecule has 2 aliphatic rings. The second-order valence-corrected chi connectivity index (χ2v) is 8.18. The number of aryl methyl sites for hydroxylation is 1. The Morgan fingerprint density at radius 1 is 1.11 bits per heavy atom. The Morgan fingerprint density at radius 3 is 2.68 bits per heavy atom. The van der Waals surface area contributed by atoms with Gasteiger partial charge in [-0.2, -0.15) is 0 Å². The molecular formula is C24H28N2O2. The van der Waals surface area contributed by atoms with Crippen molar-refractivity contribution in [3.8, 4) is 11.1 Å². The van der Waals surface area contributed by atoms with Crippen molar-refractivity contribution in [3.05, 3.63) is 59.7 Å². The van der Waals surface area contributed by atoms with Crippen molar-refractivity contribution >= 4 is 11.8 Å². The zero-order chi connectivity index (χ0) is 19.5. The average molecular weight is 377 g/mol. The predicted molar refractivity (Wildman–Crippen MR) is 111 cm³/mol. The lowest BCUT2D eigenvalue weighted by Crippen LogP contribution is -2.36. The zero-order valence-corrected chi connectivity index (χ0v) is 16.5. The van der Waals surface area contributed by atoms with Crippen molar-refractivity contribution in [1.82, 2.24) is 10.2 Å². The van der Waals surface area contributed by atoms with Gasteiger partial charge in [0, 0.05) is 37.0 Å². The van der Waals surface area contributed by atoms with E-state index >= 15 is 0 Å². The molecule has 1 atom stereocenters. The third-order valence-corrected chi connectivity index (χ3v) is 6.06. The molecule has 146 valence electrons. The van der Waals surface area contributed by atoms with Crippen molar-refractivity contribution < 1.29 is 9.59 Å². The summed E-state index contributed by atoms with van der Waals surface area (Å²) >= 11 is 0. The highest BCUT2D eigenvalue weighted by Gasteiger charge is 2.35. The van der Waals surface area contributed by atoms with Crippen LogP contribution in [0.25, 0.3) is 11.1 Å². The van der Waals surface area contributed by atoms with Crippen LogP contribution in [0.1, 0.15) is 48.0 Å². The molecule has 0 spiro atoms. The molecule has 4 nitrogen and oxygen atoms in total. The third kappa shape index (κ3) is 3.96. The van der Waals surface area contributed by atoms with Crippen LogP contribution in [0.2, 0.25) is 0 Å².